The Labute approximate surface area is 118 Å². The quantitative estimate of drug-likeness (QED) is 0.287. The molecule has 1 rings (SSSR count). The molecule has 0 aromatic heterocycles. The molecule has 0 heterocycles. The first kappa shape index (κ1) is 16.1. The third-order valence-corrected chi connectivity index (χ3v) is 2.67. The van der Waals surface area contributed by atoms with E-state index in [0.717, 1.165) is 17.5 Å². The number of benzene rings is 1. The Hall–Kier alpha value is -0.940. The van der Waals surface area contributed by atoms with Crippen molar-refractivity contribution < 1.29 is 19.0 Å². The van der Waals surface area contributed by atoms with E-state index in [1.165, 1.54) is 0 Å². The van der Waals surface area contributed by atoms with E-state index in [2.05, 4.69) is 0 Å². The highest BCUT2D eigenvalue weighted by Crippen LogP contribution is 2.06. The number of hydrogen-bond donors (Lipinski definition) is 0. The van der Waals surface area contributed by atoms with Gasteiger partial charge in [0, 0.05) is 5.56 Å². The van der Waals surface area contributed by atoms with Gasteiger partial charge in [0.05, 0.1) is 19.8 Å². The van der Waals surface area contributed by atoms with E-state index in [1.54, 1.807) is 6.92 Å². The van der Waals surface area contributed by atoms with E-state index in [0.29, 0.717) is 19.8 Å². The van der Waals surface area contributed by atoms with Crippen LogP contribution in [0.1, 0.15) is 22.8 Å². The molecule has 0 aliphatic heterocycles. The van der Waals surface area contributed by atoms with Crippen LogP contribution in [0.25, 0.3) is 0 Å². The average Bonchev–Trinajstić information content (AvgIpc) is 2.42. The zero-order chi connectivity index (χ0) is 13.9. The van der Waals surface area contributed by atoms with Crippen molar-refractivity contribution in [3.05, 3.63) is 35.4 Å². The first-order chi connectivity index (χ1) is 9.24. The number of rotatable bonds is 10. The van der Waals surface area contributed by atoms with Crippen LogP contribution in [0.4, 0.5) is 0 Å². The first-order valence-electron chi connectivity index (χ1n) is 6.13. The van der Waals surface area contributed by atoms with Gasteiger partial charge in [0.2, 0.25) is 0 Å². The molecule has 0 saturated carbocycles. The molecule has 0 atom stereocenters. The summed E-state index contributed by atoms with van der Waals surface area (Å²) in [6, 6.07) is 7.72. The lowest BCUT2D eigenvalue weighted by Gasteiger charge is -2.06. The second-order valence-electron chi connectivity index (χ2n) is 3.95. The smallest absolute Gasteiger partial charge is 0.159 e. The molecule has 19 heavy (non-hydrogen) atoms. The molecule has 0 spiro atoms. The van der Waals surface area contributed by atoms with Crippen molar-refractivity contribution in [1.82, 2.24) is 0 Å². The molecule has 0 aliphatic carbocycles. The third-order valence-electron chi connectivity index (χ3n) is 2.51. The van der Waals surface area contributed by atoms with Crippen molar-refractivity contribution in [2.75, 3.05) is 32.7 Å². The lowest BCUT2D eigenvalue weighted by molar-refractivity contribution is -0.0658. The largest absolute Gasteiger partial charge is 0.363 e. The molecule has 1 aromatic carbocycles. The first-order valence-corrected chi connectivity index (χ1v) is 6.66. The van der Waals surface area contributed by atoms with Gasteiger partial charge in [-0.05, 0) is 18.9 Å². The molecule has 106 valence electrons. The van der Waals surface area contributed by atoms with Crippen molar-refractivity contribution in [1.29, 1.82) is 0 Å². The number of ketones is 1. The summed E-state index contributed by atoms with van der Waals surface area (Å²) < 4.78 is 15.4. The van der Waals surface area contributed by atoms with Crippen LogP contribution in [0, 0.1) is 0 Å². The Balaban J connectivity index is 2.07. The summed E-state index contributed by atoms with van der Waals surface area (Å²) in [5.74, 6) is 0.0790. The maximum absolute atomic E-state index is 11.1. The highest BCUT2D eigenvalue weighted by Gasteiger charge is 1.99. The third kappa shape index (κ3) is 7.28. The average molecular weight is 287 g/mol. The minimum atomic E-state index is 0.0790. The standard InChI is InChI=1S/C14H19ClO4/c1-12(16)14-4-2-13(3-5-14)6-7-18-11-19-9-8-17-10-15/h2-5H,6-11H2,1H3. The minimum absolute atomic E-state index is 0.0790. The monoisotopic (exact) mass is 286 g/mol. The van der Waals surface area contributed by atoms with Crippen molar-refractivity contribution in [3.63, 3.8) is 0 Å². The molecule has 0 N–H and O–H groups in total. The topological polar surface area (TPSA) is 44.8 Å². The van der Waals surface area contributed by atoms with Crippen molar-refractivity contribution in [2.45, 2.75) is 13.3 Å². The molecule has 4 nitrogen and oxygen atoms in total. The second kappa shape index (κ2) is 9.92. The number of Topliss-reactive ketones (excluding diaryl/α,β-unsaturated/α-hetero) is 1. The van der Waals surface area contributed by atoms with Crippen molar-refractivity contribution >= 4 is 17.4 Å². The van der Waals surface area contributed by atoms with Crippen LogP contribution in [0.2, 0.25) is 0 Å². The van der Waals surface area contributed by atoms with E-state index >= 15 is 0 Å². The van der Waals surface area contributed by atoms with Gasteiger partial charge in [-0.3, -0.25) is 4.79 Å². The molecule has 1 aromatic rings. The predicted molar refractivity (Wildman–Crippen MR) is 73.6 cm³/mol. The van der Waals surface area contributed by atoms with Gasteiger partial charge in [-0.2, -0.15) is 0 Å². The van der Waals surface area contributed by atoms with Crippen LogP contribution in [-0.2, 0) is 20.6 Å². The molecule has 0 bridgehead atoms. The van der Waals surface area contributed by atoms with E-state index < -0.39 is 0 Å². The lowest BCUT2D eigenvalue weighted by atomic mass is 10.1. The van der Waals surface area contributed by atoms with Crippen LogP contribution in [0.3, 0.4) is 0 Å². The van der Waals surface area contributed by atoms with E-state index in [4.69, 9.17) is 25.8 Å². The molecule has 0 aliphatic rings. The number of carbonyl (C=O) groups excluding carboxylic acids is 1. The maximum Gasteiger partial charge on any atom is 0.159 e. The molecular weight excluding hydrogens is 268 g/mol. The number of halogens is 1. The highest BCUT2D eigenvalue weighted by atomic mass is 35.5. The zero-order valence-electron chi connectivity index (χ0n) is 11.1. The van der Waals surface area contributed by atoms with E-state index in [1.807, 2.05) is 24.3 Å². The number of alkyl halides is 1. The van der Waals surface area contributed by atoms with Gasteiger partial charge < -0.3 is 14.2 Å². The molecule has 0 amide bonds. The Morgan fingerprint density at radius 1 is 1.05 bits per heavy atom. The van der Waals surface area contributed by atoms with Gasteiger partial charge in [0.1, 0.15) is 12.9 Å². The Kier molecular flexibility index (Phi) is 8.41. The number of ether oxygens (including phenoxy) is 3. The summed E-state index contributed by atoms with van der Waals surface area (Å²) >= 11 is 5.33. The highest BCUT2D eigenvalue weighted by molar-refractivity contribution is 6.17. The molecule has 0 radical (unpaired) electrons. The van der Waals surface area contributed by atoms with Crippen LogP contribution in [-0.4, -0.2) is 38.5 Å². The summed E-state index contributed by atoms with van der Waals surface area (Å²) in [4.78, 5) is 11.1. The predicted octanol–water partition coefficient (Wildman–Crippen LogP) is 2.64. The van der Waals surface area contributed by atoms with Crippen LogP contribution >= 0.6 is 11.6 Å². The van der Waals surface area contributed by atoms with E-state index in [-0.39, 0.29) is 18.6 Å². The van der Waals surface area contributed by atoms with E-state index in [9.17, 15) is 4.79 Å². The van der Waals surface area contributed by atoms with Crippen molar-refractivity contribution in [3.8, 4) is 0 Å². The van der Waals surface area contributed by atoms with Gasteiger partial charge in [-0.25, -0.2) is 0 Å². The molecule has 0 fully saturated rings. The molecule has 5 heteroatoms. The Bertz CT molecular complexity index is 364. The normalized spacial score (nSPS) is 10.6. The zero-order valence-corrected chi connectivity index (χ0v) is 11.8. The summed E-state index contributed by atoms with van der Waals surface area (Å²) in [6.45, 7) is 3.33. The van der Waals surface area contributed by atoms with Gasteiger partial charge in [-0.1, -0.05) is 35.9 Å². The van der Waals surface area contributed by atoms with Gasteiger partial charge in [0.25, 0.3) is 0 Å². The van der Waals surface area contributed by atoms with Gasteiger partial charge in [0.15, 0.2) is 5.78 Å². The summed E-state index contributed by atoms with van der Waals surface area (Å²) in [7, 11) is 0. The lowest BCUT2D eigenvalue weighted by Crippen LogP contribution is -2.08. The fourth-order valence-corrected chi connectivity index (χ4v) is 1.55. The van der Waals surface area contributed by atoms with Gasteiger partial charge >= 0.3 is 0 Å². The Morgan fingerprint density at radius 3 is 2.32 bits per heavy atom. The summed E-state index contributed by atoms with van der Waals surface area (Å²) in [6.07, 6.45) is 0.791. The minimum Gasteiger partial charge on any atom is -0.363 e. The molecule has 0 unspecified atom stereocenters. The summed E-state index contributed by atoms with van der Waals surface area (Å²) in [5.41, 5.74) is 1.86. The summed E-state index contributed by atoms with van der Waals surface area (Å²) in [5, 5.41) is 0. The fraction of sp³-hybridized carbons (Fsp3) is 0.500. The van der Waals surface area contributed by atoms with Crippen molar-refractivity contribution in [2.24, 2.45) is 0 Å². The molecule has 0 saturated heterocycles. The Morgan fingerprint density at radius 2 is 1.68 bits per heavy atom. The van der Waals surface area contributed by atoms with Crippen LogP contribution in [0.5, 0.6) is 0 Å². The number of carbonyl (C=O) groups is 1. The van der Waals surface area contributed by atoms with Gasteiger partial charge in [-0.15, -0.1) is 0 Å². The SMILES string of the molecule is CC(=O)c1ccc(CCOCOCCOCCl)cc1. The molecular formula is C14H19ClO4. The second-order valence-corrected chi connectivity index (χ2v) is 4.17. The maximum atomic E-state index is 11.1. The fourth-order valence-electron chi connectivity index (χ4n) is 1.45. The number of hydrogen-bond acceptors (Lipinski definition) is 4. The van der Waals surface area contributed by atoms with Crippen LogP contribution < -0.4 is 0 Å². The van der Waals surface area contributed by atoms with Crippen LogP contribution in [0.15, 0.2) is 24.3 Å².